The Kier molecular flexibility index (Phi) is 3.12. The Morgan fingerprint density at radius 1 is 1.33 bits per heavy atom. The molecule has 2 nitrogen and oxygen atoms in total. The van der Waals surface area contributed by atoms with Crippen LogP contribution in [0.4, 0.5) is 4.39 Å². The summed E-state index contributed by atoms with van der Waals surface area (Å²) in [5.41, 5.74) is -0.302. The van der Waals surface area contributed by atoms with E-state index in [9.17, 15) is 9.18 Å². The fourth-order valence-electron chi connectivity index (χ4n) is 1.38. The van der Waals surface area contributed by atoms with E-state index < -0.39 is 17.6 Å². The van der Waals surface area contributed by atoms with E-state index in [2.05, 4.69) is 0 Å². The van der Waals surface area contributed by atoms with E-state index in [1.165, 1.54) is 12.1 Å². The lowest BCUT2D eigenvalue weighted by molar-refractivity contribution is 0.0689. The molecule has 1 aromatic rings. The van der Waals surface area contributed by atoms with Crippen LogP contribution in [0.2, 0.25) is 0 Å². The summed E-state index contributed by atoms with van der Waals surface area (Å²) in [4.78, 5) is 10.9. The summed E-state index contributed by atoms with van der Waals surface area (Å²) in [5.74, 6) is -1.09. The first kappa shape index (κ1) is 11.7. The van der Waals surface area contributed by atoms with Gasteiger partial charge < -0.3 is 5.11 Å². The van der Waals surface area contributed by atoms with Crippen molar-refractivity contribution < 1.29 is 14.3 Å². The van der Waals surface area contributed by atoms with Crippen molar-refractivity contribution in [1.29, 1.82) is 0 Å². The minimum atomic E-state index is -1.27. The highest BCUT2D eigenvalue weighted by Crippen LogP contribution is 2.37. The summed E-state index contributed by atoms with van der Waals surface area (Å²) in [5, 5.41) is 8.91. The fourth-order valence-corrected chi connectivity index (χ4v) is 1.38. The number of rotatable bonds is 2. The third kappa shape index (κ3) is 2.55. The molecular weight excluding hydrogens is 195 g/mol. The number of aromatic carboxylic acids is 1. The minimum Gasteiger partial charge on any atom is -0.478 e. The molecule has 0 bridgehead atoms. The van der Waals surface area contributed by atoms with Crippen LogP contribution < -0.4 is 0 Å². The number of carboxylic acids is 1. The van der Waals surface area contributed by atoms with Gasteiger partial charge in [0.1, 0.15) is 6.17 Å². The van der Waals surface area contributed by atoms with E-state index in [1.807, 2.05) is 0 Å². The number of alkyl halides is 1. The van der Waals surface area contributed by atoms with Crippen molar-refractivity contribution in [3.63, 3.8) is 0 Å². The van der Waals surface area contributed by atoms with Gasteiger partial charge in [0.2, 0.25) is 0 Å². The smallest absolute Gasteiger partial charge is 0.336 e. The van der Waals surface area contributed by atoms with Crippen molar-refractivity contribution in [2.75, 3.05) is 0 Å². The highest BCUT2D eigenvalue weighted by atomic mass is 19.1. The van der Waals surface area contributed by atoms with Crippen molar-refractivity contribution in [3.8, 4) is 0 Å². The zero-order valence-electron chi connectivity index (χ0n) is 9.12. The molecule has 0 spiro atoms. The molecule has 3 heteroatoms. The highest BCUT2D eigenvalue weighted by molar-refractivity contribution is 5.89. The molecule has 0 saturated heterocycles. The highest BCUT2D eigenvalue weighted by Gasteiger charge is 2.29. The normalized spacial score (nSPS) is 13.6. The van der Waals surface area contributed by atoms with Gasteiger partial charge in [-0.1, -0.05) is 39.0 Å². The van der Waals surface area contributed by atoms with Gasteiger partial charge in [-0.3, -0.25) is 0 Å². The van der Waals surface area contributed by atoms with Crippen molar-refractivity contribution >= 4 is 5.97 Å². The van der Waals surface area contributed by atoms with Crippen LogP contribution in [0, 0.1) is 5.41 Å². The quantitative estimate of drug-likeness (QED) is 0.811. The van der Waals surface area contributed by atoms with Gasteiger partial charge in [-0.25, -0.2) is 9.18 Å². The molecule has 0 amide bonds. The second-order valence-electron chi connectivity index (χ2n) is 4.62. The van der Waals surface area contributed by atoms with Crippen LogP contribution in [0.5, 0.6) is 0 Å². The Hall–Kier alpha value is -1.38. The number of carbonyl (C=O) groups is 1. The SMILES string of the molecule is CC(C)(C)C(F)c1ccccc1C(=O)O. The standard InChI is InChI=1S/C12H15FO2/c1-12(2,3)10(13)8-6-4-5-7-9(8)11(14)15/h4-7,10H,1-3H3,(H,14,15). The average Bonchev–Trinajstić information content (AvgIpc) is 2.15. The van der Waals surface area contributed by atoms with E-state index in [4.69, 9.17) is 5.11 Å². The Morgan fingerprint density at radius 2 is 1.87 bits per heavy atom. The lowest BCUT2D eigenvalue weighted by atomic mass is 9.84. The van der Waals surface area contributed by atoms with Gasteiger partial charge in [0.05, 0.1) is 5.56 Å². The van der Waals surface area contributed by atoms with Crippen LogP contribution in [0.3, 0.4) is 0 Å². The molecule has 1 atom stereocenters. The van der Waals surface area contributed by atoms with Crippen LogP contribution in [0.1, 0.15) is 42.9 Å². The van der Waals surface area contributed by atoms with Crippen molar-refractivity contribution in [2.24, 2.45) is 5.41 Å². The molecule has 1 N–H and O–H groups in total. The van der Waals surface area contributed by atoms with Gasteiger partial charge >= 0.3 is 5.97 Å². The Bertz CT molecular complexity index is 366. The summed E-state index contributed by atoms with van der Waals surface area (Å²) in [6.45, 7) is 5.24. The number of halogens is 1. The number of benzene rings is 1. The second kappa shape index (κ2) is 4.01. The lowest BCUT2D eigenvalue weighted by Crippen LogP contribution is -2.17. The molecular formula is C12H15FO2. The van der Waals surface area contributed by atoms with Gasteiger partial charge in [0, 0.05) is 5.56 Å². The maximum Gasteiger partial charge on any atom is 0.336 e. The predicted octanol–water partition coefficient (Wildman–Crippen LogP) is 3.44. The molecule has 0 aliphatic heterocycles. The summed E-state index contributed by atoms with van der Waals surface area (Å²) in [7, 11) is 0. The zero-order valence-corrected chi connectivity index (χ0v) is 9.12. The Balaban J connectivity index is 3.19. The zero-order chi connectivity index (χ0) is 11.6. The van der Waals surface area contributed by atoms with Crippen LogP contribution in [-0.2, 0) is 0 Å². The Morgan fingerprint density at radius 3 is 2.33 bits per heavy atom. The first-order chi connectivity index (χ1) is 6.84. The van der Waals surface area contributed by atoms with E-state index >= 15 is 0 Å². The molecule has 0 saturated carbocycles. The monoisotopic (exact) mass is 210 g/mol. The fraction of sp³-hybridized carbons (Fsp3) is 0.417. The van der Waals surface area contributed by atoms with Crippen molar-refractivity contribution in [2.45, 2.75) is 26.9 Å². The van der Waals surface area contributed by atoms with Crippen LogP contribution in [-0.4, -0.2) is 11.1 Å². The molecule has 1 rings (SSSR count). The van der Waals surface area contributed by atoms with Crippen LogP contribution in [0.25, 0.3) is 0 Å². The molecule has 0 aliphatic carbocycles. The molecule has 0 radical (unpaired) electrons. The van der Waals surface area contributed by atoms with Gasteiger partial charge in [0.25, 0.3) is 0 Å². The van der Waals surface area contributed by atoms with E-state index in [-0.39, 0.29) is 11.1 Å². The summed E-state index contributed by atoms with van der Waals surface area (Å²) < 4.78 is 14.0. The lowest BCUT2D eigenvalue weighted by Gasteiger charge is -2.24. The molecule has 0 fully saturated rings. The predicted molar refractivity (Wildman–Crippen MR) is 56.7 cm³/mol. The third-order valence-corrected chi connectivity index (χ3v) is 2.22. The first-order valence-electron chi connectivity index (χ1n) is 4.80. The van der Waals surface area contributed by atoms with Crippen molar-refractivity contribution in [1.82, 2.24) is 0 Å². The minimum absolute atomic E-state index is 0.0416. The topological polar surface area (TPSA) is 37.3 Å². The molecule has 1 aromatic carbocycles. The van der Waals surface area contributed by atoms with Gasteiger partial charge in [0.15, 0.2) is 0 Å². The van der Waals surface area contributed by atoms with Gasteiger partial charge in [-0.15, -0.1) is 0 Å². The summed E-state index contributed by atoms with van der Waals surface area (Å²) >= 11 is 0. The molecule has 15 heavy (non-hydrogen) atoms. The third-order valence-electron chi connectivity index (χ3n) is 2.22. The molecule has 82 valence electrons. The molecule has 0 aromatic heterocycles. The van der Waals surface area contributed by atoms with Gasteiger partial charge in [-0.2, -0.15) is 0 Å². The summed E-state index contributed by atoms with van der Waals surface area (Å²) in [6, 6.07) is 6.21. The van der Waals surface area contributed by atoms with Crippen molar-refractivity contribution in [3.05, 3.63) is 35.4 Å². The number of hydrogen-bond acceptors (Lipinski definition) is 1. The first-order valence-corrected chi connectivity index (χ1v) is 4.80. The van der Waals surface area contributed by atoms with Crippen LogP contribution >= 0.6 is 0 Å². The second-order valence-corrected chi connectivity index (χ2v) is 4.62. The Labute approximate surface area is 88.7 Å². The molecule has 0 aliphatic rings. The summed E-state index contributed by atoms with van der Waals surface area (Å²) in [6.07, 6.45) is -1.27. The van der Waals surface area contributed by atoms with Crippen LogP contribution in [0.15, 0.2) is 24.3 Å². The average molecular weight is 210 g/mol. The van der Waals surface area contributed by atoms with E-state index in [0.29, 0.717) is 0 Å². The molecule has 0 heterocycles. The van der Waals surface area contributed by atoms with Gasteiger partial charge in [-0.05, 0) is 11.5 Å². The number of carboxylic acid groups (broad SMARTS) is 1. The molecule has 1 unspecified atom stereocenters. The maximum atomic E-state index is 14.0. The maximum absolute atomic E-state index is 14.0. The van der Waals surface area contributed by atoms with E-state index in [1.54, 1.807) is 32.9 Å². The number of hydrogen-bond donors (Lipinski definition) is 1. The largest absolute Gasteiger partial charge is 0.478 e. The van der Waals surface area contributed by atoms with E-state index in [0.717, 1.165) is 0 Å².